The van der Waals surface area contributed by atoms with Crippen molar-refractivity contribution in [2.24, 2.45) is 5.92 Å². The highest BCUT2D eigenvalue weighted by Crippen LogP contribution is 2.27. The number of ether oxygens (including phenoxy) is 1. The maximum Gasteiger partial charge on any atom is 0.243 e. The summed E-state index contributed by atoms with van der Waals surface area (Å²) in [6.07, 6.45) is 3.31. The van der Waals surface area contributed by atoms with Gasteiger partial charge in [0.25, 0.3) is 0 Å². The van der Waals surface area contributed by atoms with Gasteiger partial charge in [0.2, 0.25) is 15.9 Å². The molecule has 156 valence electrons. The lowest BCUT2D eigenvalue weighted by Crippen LogP contribution is -2.51. The number of rotatable bonds is 5. The zero-order chi connectivity index (χ0) is 20.3. The fourth-order valence-corrected chi connectivity index (χ4v) is 5.54. The highest BCUT2D eigenvalue weighted by molar-refractivity contribution is 7.89. The molecule has 0 radical (unpaired) electrons. The monoisotopic (exact) mass is 409 g/mol. The Labute approximate surface area is 168 Å². The van der Waals surface area contributed by atoms with Crippen LogP contribution in [-0.4, -0.2) is 81.9 Å². The second-order valence-corrected chi connectivity index (χ2v) is 9.84. The van der Waals surface area contributed by atoms with Crippen LogP contribution in [0.5, 0.6) is 5.75 Å². The van der Waals surface area contributed by atoms with Gasteiger partial charge in [-0.15, -0.1) is 0 Å². The molecule has 1 amide bonds. The summed E-state index contributed by atoms with van der Waals surface area (Å²) in [4.78, 5) is 17.4. The van der Waals surface area contributed by atoms with Gasteiger partial charge in [0, 0.05) is 38.1 Å². The van der Waals surface area contributed by atoms with Gasteiger partial charge in [-0.05, 0) is 64.0 Å². The Morgan fingerprint density at radius 1 is 1.07 bits per heavy atom. The second kappa shape index (κ2) is 8.80. The molecule has 0 aromatic heterocycles. The Morgan fingerprint density at radius 3 is 2.29 bits per heavy atom. The van der Waals surface area contributed by atoms with Crippen LogP contribution in [0, 0.1) is 5.92 Å². The molecule has 0 N–H and O–H groups in total. The Hall–Kier alpha value is -1.64. The zero-order valence-electron chi connectivity index (χ0n) is 17.0. The average molecular weight is 410 g/mol. The molecule has 2 fully saturated rings. The van der Waals surface area contributed by atoms with E-state index in [1.807, 2.05) is 4.90 Å². The smallest absolute Gasteiger partial charge is 0.243 e. The lowest BCUT2D eigenvalue weighted by Gasteiger charge is -2.39. The van der Waals surface area contributed by atoms with E-state index in [4.69, 9.17) is 4.74 Å². The van der Waals surface area contributed by atoms with Crippen molar-refractivity contribution < 1.29 is 17.9 Å². The van der Waals surface area contributed by atoms with Crippen LogP contribution in [0.2, 0.25) is 0 Å². The SMILES string of the molecule is COc1ccc(S(=O)(=O)N2CCC(C(=O)N3CCCC(N(C)C)C3)CC2)cc1. The highest BCUT2D eigenvalue weighted by Gasteiger charge is 2.35. The summed E-state index contributed by atoms with van der Waals surface area (Å²) in [5.74, 6) is 0.733. The first-order chi connectivity index (χ1) is 13.3. The summed E-state index contributed by atoms with van der Waals surface area (Å²) >= 11 is 0. The van der Waals surface area contributed by atoms with Crippen molar-refractivity contribution in [3.63, 3.8) is 0 Å². The van der Waals surface area contributed by atoms with Gasteiger partial charge in [0.05, 0.1) is 12.0 Å². The van der Waals surface area contributed by atoms with Crippen molar-refractivity contribution in [2.75, 3.05) is 47.4 Å². The second-order valence-electron chi connectivity index (χ2n) is 7.90. The van der Waals surface area contributed by atoms with Crippen LogP contribution in [0.25, 0.3) is 0 Å². The molecule has 8 heteroatoms. The summed E-state index contributed by atoms with van der Waals surface area (Å²) < 4.78 is 32.3. The molecule has 0 aliphatic carbocycles. The van der Waals surface area contributed by atoms with Crippen LogP contribution in [0.1, 0.15) is 25.7 Å². The first-order valence-corrected chi connectivity index (χ1v) is 11.4. The topological polar surface area (TPSA) is 70.2 Å². The fourth-order valence-electron chi connectivity index (χ4n) is 4.07. The maximum absolute atomic E-state index is 12.9. The number of carbonyl (C=O) groups is 1. The number of carbonyl (C=O) groups excluding carboxylic acids is 1. The van der Waals surface area contributed by atoms with E-state index in [1.54, 1.807) is 31.4 Å². The molecular weight excluding hydrogens is 378 g/mol. The normalized spacial score (nSPS) is 22.4. The molecule has 2 aliphatic heterocycles. The van der Waals surface area contributed by atoms with Gasteiger partial charge >= 0.3 is 0 Å². The molecule has 2 aliphatic rings. The minimum atomic E-state index is -3.53. The molecule has 0 spiro atoms. The van der Waals surface area contributed by atoms with E-state index < -0.39 is 10.0 Å². The van der Waals surface area contributed by atoms with Gasteiger partial charge in [0.1, 0.15) is 5.75 Å². The lowest BCUT2D eigenvalue weighted by atomic mass is 9.94. The van der Waals surface area contributed by atoms with Crippen LogP contribution in [0.4, 0.5) is 0 Å². The number of sulfonamides is 1. The molecular formula is C20H31N3O4S. The molecule has 1 unspecified atom stereocenters. The lowest BCUT2D eigenvalue weighted by molar-refractivity contribution is -0.138. The number of benzene rings is 1. The van der Waals surface area contributed by atoms with Crippen LogP contribution in [0.15, 0.2) is 29.2 Å². The quantitative estimate of drug-likeness (QED) is 0.740. The minimum Gasteiger partial charge on any atom is -0.497 e. The van der Waals surface area contributed by atoms with E-state index >= 15 is 0 Å². The molecule has 1 aromatic carbocycles. The van der Waals surface area contributed by atoms with Crippen molar-refractivity contribution >= 4 is 15.9 Å². The van der Waals surface area contributed by atoms with E-state index in [2.05, 4.69) is 19.0 Å². The molecule has 28 heavy (non-hydrogen) atoms. The van der Waals surface area contributed by atoms with Crippen molar-refractivity contribution in [1.82, 2.24) is 14.1 Å². The van der Waals surface area contributed by atoms with Crippen LogP contribution in [0.3, 0.4) is 0 Å². The van der Waals surface area contributed by atoms with Crippen LogP contribution >= 0.6 is 0 Å². The van der Waals surface area contributed by atoms with Crippen molar-refractivity contribution in [1.29, 1.82) is 0 Å². The predicted octanol–water partition coefficient (Wildman–Crippen LogP) is 1.65. The average Bonchev–Trinajstić information content (AvgIpc) is 2.73. The van der Waals surface area contributed by atoms with Crippen LogP contribution in [-0.2, 0) is 14.8 Å². The number of methoxy groups -OCH3 is 1. The number of likely N-dealkylation sites (tertiary alicyclic amines) is 1. The van der Waals surface area contributed by atoms with E-state index in [1.165, 1.54) is 4.31 Å². The van der Waals surface area contributed by atoms with E-state index in [9.17, 15) is 13.2 Å². The fraction of sp³-hybridized carbons (Fsp3) is 0.650. The number of hydrogen-bond acceptors (Lipinski definition) is 5. The number of piperidine rings is 2. The Kier molecular flexibility index (Phi) is 6.62. The van der Waals surface area contributed by atoms with Crippen molar-refractivity contribution in [2.45, 2.75) is 36.6 Å². The van der Waals surface area contributed by atoms with Gasteiger partial charge < -0.3 is 14.5 Å². The number of likely N-dealkylation sites (N-methyl/N-ethyl adjacent to an activating group) is 1. The summed E-state index contributed by atoms with van der Waals surface area (Å²) in [7, 11) is 2.13. The third kappa shape index (κ3) is 4.50. The first kappa shape index (κ1) is 21.1. The largest absolute Gasteiger partial charge is 0.497 e. The molecule has 1 atom stereocenters. The summed E-state index contributed by atoms with van der Waals surface area (Å²) in [5, 5.41) is 0. The molecule has 0 saturated carbocycles. The molecule has 3 rings (SSSR count). The van der Waals surface area contributed by atoms with E-state index in [0.29, 0.717) is 37.7 Å². The number of amides is 1. The van der Waals surface area contributed by atoms with E-state index in [0.717, 1.165) is 25.9 Å². The van der Waals surface area contributed by atoms with Gasteiger partial charge in [-0.25, -0.2) is 8.42 Å². The number of nitrogens with zero attached hydrogens (tertiary/aromatic N) is 3. The Balaban J connectivity index is 1.59. The van der Waals surface area contributed by atoms with Gasteiger partial charge in [0.15, 0.2) is 0 Å². The third-order valence-corrected chi connectivity index (χ3v) is 7.85. The third-order valence-electron chi connectivity index (χ3n) is 5.94. The van der Waals surface area contributed by atoms with Crippen LogP contribution < -0.4 is 4.74 Å². The highest BCUT2D eigenvalue weighted by atomic mass is 32.2. The minimum absolute atomic E-state index is 0.0803. The van der Waals surface area contributed by atoms with Gasteiger partial charge in [-0.2, -0.15) is 4.31 Å². The van der Waals surface area contributed by atoms with E-state index in [-0.39, 0.29) is 16.7 Å². The van der Waals surface area contributed by atoms with Crippen molar-refractivity contribution in [3.05, 3.63) is 24.3 Å². The molecule has 1 aromatic rings. The summed E-state index contributed by atoms with van der Waals surface area (Å²) in [6.45, 7) is 2.36. The van der Waals surface area contributed by atoms with Gasteiger partial charge in [-0.3, -0.25) is 4.79 Å². The Morgan fingerprint density at radius 2 is 1.71 bits per heavy atom. The standard InChI is InChI=1S/C20H31N3O4S/c1-21(2)17-5-4-12-22(15-17)20(24)16-10-13-23(14-11-16)28(25,26)19-8-6-18(27-3)7-9-19/h6-9,16-17H,4-5,10-15H2,1-3H3. The maximum atomic E-state index is 12.9. The zero-order valence-corrected chi connectivity index (χ0v) is 17.8. The number of hydrogen-bond donors (Lipinski definition) is 0. The molecule has 7 nitrogen and oxygen atoms in total. The summed E-state index contributed by atoms with van der Waals surface area (Å²) in [5.41, 5.74) is 0. The molecule has 0 bridgehead atoms. The summed E-state index contributed by atoms with van der Waals surface area (Å²) in [6, 6.07) is 6.86. The molecule has 2 heterocycles. The Bertz CT molecular complexity index is 771. The van der Waals surface area contributed by atoms with Crippen molar-refractivity contribution in [3.8, 4) is 5.75 Å². The van der Waals surface area contributed by atoms with Gasteiger partial charge in [-0.1, -0.05) is 0 Å². The molecule has 2 saturated heterocycles. The predicted molar refractivity (Wildman–Crippen MR) is 108 cm³/mol. The first-order valence-electron chi connectivity index (χ1n) is 9.92.